The maximum absolute atomic E-state index is 3.48. The summed E-state index contributed by atoms with van der Waals surface area (Å²) in [5.41, 5.74) is 1.46. The van der Waals surface area contributed by atoms with Crippen LogP contribution >= 0.6 is 11.3 Å². The summed E-state index contributed by atoms with van der Waals surface area (Å²) in [7, 11) is 2.26. The van der Waals surface area contributed by atoms with Gasteiger partial charge in [-0.2, -0.15) is 0 Å². The van der Waals surface area contributed by atoms with Gasteiger partial charge in [-0.05, 0) is 56.8 Å². The van der Waals surface area contributed by atoms with E-state index in [2.05, 4.69) is 35.6 Å². The first-order valence-corrected chi connectivity index (χ1v) is 7.09. The SMILES string of the molecule is Cc1ccsc1CCN(C)C1CCCNC1. The third-order valence-electron chi connectivity index (χ3n) is 3.55. The van der Waals surface area contributed by atoms with Gasteiger partial charge in [-0.3, -0.25) is 0 Å². The van der Waals surface area contributed by atoms with Crippen LogP contribution in [0.1, 0.15) is 23.3 Å². The lowest BCUT2D eigenvalue weighted by Crippen LogP contribution is -2.44. The van der Waals surface area contributed by atoms with Gasteiger partial charge in [-0.15, -0.1) is 11.3 Å². The molecule has 1 aromatic rings. The van der Waals surface area contributed by atoms with Crippen LogP contribution in [0.4, 0.5) is 0 Å². The molecule has 2 heterocycles. The Hall–Kier alpha value is -0.380. The third kappa shape index (κ3) is 3.06. The van der Waals surface area contributed by atoms with Crippen molar-refractivity contribution in [2.45, 2.75) is 32.2 Å². The second-order valence-corrected chi connectivity index (χ2v) is 5.76. The fourth-order valence-corrected chi connectivity index (χ4v) is 3.23. The van der Waals surface area contributed by atoms with E-state index in [1.54, 1.807) is 4.88 Å². The molecule has 16 heavy (non-hydrogen) atoms. The fraction of sp³-hybridized carbons (Fsp3) is 0.692. The first-order valence-electron chi connectivity index (χ1n) is 6.21. The molecule has 0 radical (unpaired) electrons. The van der Waals surface area contributed by atoms with Crippen LogP contribution in [0.3, 0.4) is 0 Å². The molecule has 1 N–H and O–H groups in total. The lowest BCUT2D eigenvalue weighted by atomic mass is 10.1. The highest BCUT2D eigenvalue weighted by Crippen LogP contribution is 2.17. The van der Waals surface area contributed by atoms with Gasteiger partial charge in [0.05, 0.1) is 0 Å². The predicted molar refractivity (Wildman–Crippen MR) is 71.3 cm³/mol. The van der Waals surface area contributed by atoms with Crippen molar-refractivity contribution in [3.05, 3.63) is 21.9 Å². The van der Waals surface area contributed by atoms with Gasteiger partial charge in [0.15, 0.2) is 0 Å². The first-order chi connectivity index (χ1) is 7.77. The van der Waals surface area contributed by atoms with E-state index in [1.165, 1.54) is 44.5 Å². The quantitative estimate of drug-likeness (QED) is 0.866. The highest BCUT2D eigenvalue weighted by molar-refractivity contribution is 7.10. The van der Waals surface area contributed by atoms with Crippen molar-refractivity contribution in [1.82, 2.24) is 10.2 Å². The molecule has 0 bridgehead atoms. The zero-order valence-electron chi connectivity index (χ0n) is 10.3. The smallest absolute Gasteiger partial charge is 0.0218 e. The predicted octanol–water partition coefficient (Wildman–Crippen LogP) is 2.28. The van der Waals surface area contributed by atoms with E-state index in [0.717, 1.165) is 6.04 Å². The van der Waals surface area contributed by atoms with Gasteiger partial charge in [0.25, 0.3) is 0 Å². The summed E-state index contributed by atoms with van der Waals surface area (Å²) in [6, 6.07) is 2.97. The van der Waals surface area contributed by atoms with Gasteiger partial charge in [0.1, 0.15) is 0 Å². The van der Waals surface area contributed by atoms with E-state index in [9.17, 15) is 0 Å². The molecule has 1 atom stereocenters. The van der Waals surface area contributed by atoms with Crippen molar-refractivity contribution in [2.24, 2.45) is 0 Å². The molecule has 1 aromatic heterocycles. The summed E-state index contributed by atoms with van der Waals surface area (Å²) in [6.07, 6.45) is 3.89. The molecule has 2 rings (SSSR count). The Bertz CT molecular complexity index is 315. The Morgan fingerprint density at radius 3 is 3.06 bits per heavy atom. The standard InChI is InChI=1S/C13H22N2S/c1-11-6-9-16-13(11)5-8-15(2)12-4-3-7-14-10-12/h6,9,12,14H,3-5,7-8,10H2,1-2H3. The Morgan fingerprint density at radius 2 is 2.44 bits per heavy atom. The maximum atomic E-state index is 3.48. The Balaban J connectivity index is 1.78. The van der Waals surface area contributed by atoms with Crippen LogP contribution in [0.5, 0.6) is 0 Å². The number of likely N-dealkylation sites (N-methyl/N-ethyl adjacent to an activating group) is 1. The van der Waals surface area contributed by atoms with Gasteiger partial charge in [-0.25, -0.2) is 0 Å². The molecule has 3 heteroatoms. The largest absolute Gasteiger partial charge is 0.315 e. The molecule has 2 nitrogen and oxygen atoms in total. The highest BCUT2D eigenvalue weighted by atomic mass is 32.1. The zero-order chi connectivity index (χ0) is 11.4. The van der Waals surface area contributed by atoms with Crippen LogP contribution in [0.2, 0.25) is 0 Å². The molecule has 1 unspecified atom stereocenters. The Morgan fingerprint density at radius 1 is 1.56 bits per heavy atom. The first kappa shape index (κ1) is 12.1. The zero-order valence-corrected chi connectivity index (χ0v) is 11.1. The second kappa shape index (κ2) is 5.80. The molecule has 1 fully saturated rings. The van der Waals surface area contributed by atoms with E-state index in [-0.39, 0.29) is 0 Å². The minimum atomic E-state index is 0.744. The van der Waals surface area contributed by atoms with E-state index in [4.69, 9.17) is 0 Å². The minimum absolute atomic E-state index is 0.744. The van der Waals surface area contributed by atoms with E-state index in [1.807, 2.05) is 11.3 Å². The Labute approximate surface area is 103 Å². The maximum Gasteiger partial charge on any atom is 0.0218 e. The van der Waals surface area contributed by atoms with Gasteiger partial charge < -0.3 is 10.2 Å². The van der Waals surface area contributed by atoms with Gasteiger partial charge >= 0.3 is 0 Å². The average molecular weight is 238 g/mol. The molecular formula is C13H22N2S. The number of hydrogen-bond donors (Lipinski definition) is 1. The molecule has 1 aliphatic rings. The van der Waals surface area contributed by atoms with Crippen LogP contribution in [0, 0.1) is 6.92 Å². The normalized spacial score (nSPS) is 21.6. The summed E-state index contributed by atoms with van der Waals surface area (Å²) < 4.78 is 0. The Kier molecular flexibility index (Phi) is 4.38. The number of hydrogen-bond acceptors (Lipinski definition) is 3. The highest BCUT2D eigenvalue weighted by Gasteiger charge is 2.17. The van der Waals surface area contributed by atoms with Crippen LogP contribution in [-0.4, -0.2) is 37.6 Å². The number of aryl methyl sites for hydroxylation is 1. The van der Waals surface area contributed by atoms with Crippen molar-refractivity contribution in [3.8, 4) is 0 Å². The van der Waals surface area contributed by atoms with Crippen LogP contribution in [0.15, 0.2) is 11.4 Å². The van der Waals surface area contributed by atoms with Crippen molar-refractivity contribution in [2.75, 3.05) is 26.7 Å². The van der Waals surface area contributed by atoms with Gasteiger partial charge in [0, 0.05) is 24.0 Å². The molecule has 1 aliphatic heterocycles. The summed E-state index contributed by atoms with van der Waals surface area (Å²) in [5, 5.41) is 5.68. The molecule has 0 saturated carbocycles. The molecule has 0 aliphatic carbocycles. The molecular weight excluding hydrogens is 216 g/mol. The summed E-state index contributed by atoms with van der Waals surface area (Å²) >= 11 is 1.90. The monoisotopic (exact) mass is 238 g/mol. The number of piperidine rings is 1. The number of nitrogens with one attached hydrogen (secondary N) is 1. The number of rotatable bonds is 4. The summed E-state index contributed by atoms with van der Waals surface area (Å²) in [5.74, 6) is 0. The van der Waals surface area contributed by atoms with E-state index >= 15 is 0 Å². The third-order valence-corrected chi connectivity index (χ3v) is 4.64. The summed E-state index contributed by atoms with van der Waals surface area (Å²) in [4.78, 5) is 4.07. The second-order valence-electron chi connectivity index (χ2n) is 4.76. The number of thiophene rings is 1. The lowest BCUT2D eigenvalue weighted by molar-refractivity contribution is 0.205. The van der Waals surface area contributed by atoms with Crippen LogP contribution < -0.4 is 5.32 Å². The topological polar surface area (TPSA) is 15.3 Å². The average Bonchev–Trinajstić information content (AvgIpc) is 2.73. The van der Waals surface area contributed by atoms with Gasteiger partial charge in [-0.1, -0.05) is 0 Å². The molecule has 1 saturated heterocycles. The number of nitrogens with zero attached hydrogens (tertiary/aromatic N) is 1. The fourth-order valence-electron chi connectivity index (χ4n) is 2.33. The van der Waals surface area contributed by atoms with Gasteiger partial charge in [0.2, 0.25) is 0 Å². The van der Waals surface area contributed by atoms with Crippen molar-refractivity contribution >= 4 is 11.3 Å². The van der Waals surface area contributed by atoms with Crippen LogP contribution in [-0.2, 0) is 6.42 Å². The van der Waals surface area contributed by atoms with Crippen LogP contribution in [0.25, 0.3) is 0 Å². The van der Waals surface area contributed by atoms with E-state index < -0.39 is 0 Å². The molecule has 0 spiro atoms. The minimum Gasteiger partial charge on any atom is -0.315 e. The summed E-state index contributed by atoms with van der Waals surface area (Å²) in [6.45, 7) is 5.77. The van der Waals surface area contributed by atoms with Crippen molar-refractivity contribution in [3.63, 3.8) is 0 Å². The molecule has 0 amide bonds. The van der Waals surface area contributed by atoms with E-state index in [0.29, 0.717) is 0 Å². The van der Waals surface area contributed by atoms with Crippen molar-refractivity contribution in [1.29, 1.82) is 0 Å². The molecule has 0 aromatic carbocycles. The molecule has 90 valence electrons. The lowest BCUT2D eigenvalue weighted by Gasteiger charge is -2.31. The van der Waals surface area contributed by atoms with Crippen molar-refractivity contribution < 1.29 is 0 Å².